The second-order valence-electron chi connectivity index (χ2n) is 5.42. The first-order valence-corrected chi connectivity index (χ1v) is 8.64. The molecule has 2 aromatic heterocycles. The molecule has 3 aromatic rings. The molecule has 0 unspecified atom stereocenters. The van der Waals surface area contributed by atoms with Crippen molar-refractivity contribution < 1.29 is 13.9 Å². The second-order valence-corrected chi connectivity index (χ2v) is 6.50. The lowest BCUT2D eigenvalue weighted by atomic mass is 10.1. The summed E-state index contributed by atoms with van der Waals surface area (Å²) in [5.41, 5.74) is 7.25. The van der Waals surface area contributed by atoms with Crippen LogP contribution in [-0.2, 0) is 6.42 Å². The largest absolute Gasteiger partial charge is 0.383 e. The molecular weight excluding hydrogens is 334 g/mol. The highest BCUT2D eigenvalue weighted by Gasteiger charge is 2.17. The van der Waals surface area contributed by atoms with Gasteiger partial charge in [-0.1, -0.05) is 30.3 Å². The number of thiophene rings is 1. The Morgan fingerprint density at radius 3 is 2.56 bits per heavy atom. The van der Waals surface area contributed by atoms with Crippen LogP contribution in [-0.4, -0.2) is 23.2 Å². The Bertz CT molecular complexity index is 904. The van der Waals surface area contributed by atoms with Crippen LogP contribution in [0.15, 0.2) is 60.8 Å². The molecule has 0 saturated heterocycles. The lowest BCUT2D eigenvalue weighted by Crippen LogP contribution is -2.24. The van der Waals surface area contributed by atoms with Gasteiger partial charge in [-0.15, -0.1) is 11.3 Å². The van der Waals surface area contributed by atoms with Gasteiger partial charge < -0.3 is 11.1 Å². The molecular formula is C19H23N3O2S. The Balaban J connectivity index is 0.00000243. The molecule has 0 saturated carbocycles. The zero-order valence-corrected chi connectivity index (χ0v) is 14.3. The highest BCUT2D eigenvalue weighted by atomic mass is 32.1. The number of hydrogen-bond donors (Lipinski definition) is 2. The van der Waals surface area contributed by atoms with Gasteiger partial charge in [-0.05, 0) is 36.2 Å². The number of nitrogens with one attached hydrogen (secondary N) is 1. The van der Waals surface area contributed by atoms with Gasteiger partial charge in [0.1, 0.15) is 5.82 Å². The first-order chi connectivity index (χ1) is 12.1. The number of pyridine rings is 1. The molecule has 0 aliphatic carbocycles. The molecule has 1 amide bonds. The van der Waals surface area contributed by atoms with Gasteiger partial charge in [0.25, 0.3) is 5.91 Å². The van der Waals surface area contributed by atoms with Crippen molar-refractivity contribution in [3.8, 4) is 0 Å². The topological polar surface area (TPSA) is 85.1 Å². The van der Waals surface area contributed by atoms with E-state index in [0.717, 1.165) is 23.3 Å². The van der Waals surface area contributed by atoms with Gasteiger partial charge in [0, 0.05) is 17.0 Å². The molecule has 3 rings (SSSR count). The number of nitrogen functional groups attached to an aromatic ring is 1. The normalized spacial score (nSPS) is 10.4. The summed E-state index contributed by atoms with van der Waals surface area (Å²) in [6.45, 7) is 0.541. The van der Waals surface area contributed by atoms with E-state index in [0.29, 0.717) is 21.9 Å². The molecule has 0 radical (unpaired) electrons. The smallest absolute Gasteiger partial charge is 0.261 e. The van der Waals surface area contributed by atoms with E-state index in [9.17, 15) is 9.59 Å². The summed E-state index contributed by atoms with van der Waals surface area (Å²) < 4.78 is 0. The van der Waals surface area contributed by atoms with E-state index in [1.807, 2.05) is 30.3 Å². The van der Waals surface area contributed by atoms with Crippen LogP contribution in [0.1, 0.15) is 34.8 Å². The van der Waals surface area contributed by atoms with Crippen molar-refractivity contribution in [1.82, 2.24) is 10.3 Å². The predicted molar refractivity (Wildman–Crippen MR) is 105 cm³/mol. The van der Waals surface area contributed by atoms with Crippen LogP contribution in [0.4, 0.5) is 5.82 Å². The maximum atomic E-state index is 12.5. The molecule has 25 heavy (non-hydrogen) atoms. The molecule has 0 aliphatic heterocycles. The van der Waals surface area contributed by atoms with Crippen molar-refractivity contribution in [1.29, 1.82) is 0 Å². The summed E-state index contributed by atoms with van der Waals surface area (Å²) in [4.78, 5) is 29.6. The first-order valence-electron chi connectivity index (χ1n) is 7.82. The maximum Gasteiger partial charge on any atom is 0.261 e. The van der Waals surface area contributed by atoms with Crippen molar-refractivity contribution in [3.05, 3.63) is 81.7 Å². The third-order valence-electron chi connectivity index (χ3n) is 3.68. The van der Waals surface area contributed by atoms with Crippen molar-refractivity contribution in [2.75, 3.05) is 12.3 Å². The monoisotopic (exact) mass is 357 g/mol. The van der Waals surface area contributed by atoms with Crippen molar-refractivity contribution in [2.45, 2.75) is 6.42 Å². The van der Waals surface area contributed by atoms with Gasteiger partial charge >= 0.3 is 0 Å². The highest BCUT2D eigenvalue weighted by molar-refractivity contribution is 7.16. The van der Waals surface area contributed by atoms with Crippen molar-refractivity contribution in [3.63, 3.8) is 0 Å². The Hall–Kier alpha value is -2.99. The number of anilines is 1. The molecule has 1 aromatic carbocycles. The van der Waals surface area contributed by atoms with Crippen molar-refractivity contribution >= 4 is 28.8 Å². The molecule has 0 fully saturated rings. The lowest BCUT2D eigenvalue weighted by Gasteiger charge is -2.04. The number of benzene rings is 1. The zero-order valence-electron chi connectivity index (χ0n) is 13.4. The summed E-state index contributed by atoms with van der Waals surface area (Å²) in [6, 6.07) is 16.5. The fourth-order valence-corrected chi connectivity index (χ4v) is 3.25. The van der Waals surface area contributed by atoms with Gasteiger partial charge in [-0.2, -0.15) is 0 Å². The van der Waals surface area contributed by atoms with E-state index < -0.39 is 0 Å². The van der Waals surface area contributed by atoms with E-state index in [4.69, 9.17) is 5.73 Å². The summed E-state index contributed by atoms with van der Waals surface area (Å²) in [5, 5.41) is 2.87. The summed E-state index contributed by atoms with van der Waals surface area (Å²) in [6.07, 6.45) is 2.29. The average Bonchev–Trinajstić information content (AvgIpc) is 3.13. The number of nitrogens with zero attached hydrogens (tertiary/aromatic N) is 1. The van der Waals surface area contributed by atoms with Gasteiger partial charge in [0.15, 0.2) is 0 Å². The minimum Gasteiger partial charge on any atom is -0.383 e. The van der Waals surface area contributed by atoms with E-state index in [-0.39, 0.29) is 21.8 Å². The number of carbonyl (C=O) groups excluding carboxylic acids is 2. The summed E-state index contributed by atoms with van der Waals surface area (Å²) in [5.74, 6) is -0.215. The van der Waals surface area contributed by atoms with Gasteiger partial charge in [0.2, 0.25) is 5.78 Å². The SMILES string of the molecule is Nc1ncccc1C(=O)c1ccc(C(=O)NCCc2ccccc2)s1.[HH].[HH].[HH]. The standard InChI is InChI=1S/C19H17N3O2S.3H2/c20-18-14(7-4-11-21-18)17(23)15-8-9-16(25-15)19(24)22-12-10-13-5-2-1-3-6-13;;;/h1-9,11H,10,12H2,(H2,20,21)(H,22,24);3*1H. The van der Waals surface area contributed by atoms with Crippen LogP contribution in [0.5, 0.6) is 0 Å². The summed E-state index contributed by atoms with van der Waals surface area (Å²) >= 11 is 1.15. The van der Waals surface area contributed by atoms with E-state index in [2.05, 4.69) is 10.3 Å². The lowest BCUT2D eigenvalue weighted by molar-refractivity contribution is 0.0957. The van der Waals surface area contributed by atoms with E-state index >= 15 is 0 Å². The van der Waals surface area contributed by atoms with Gasteiger partial charge in [-0.25, -0.2) is 4.98 Å². The van der Waals surface area contributed by atoms with Crippen LogP contribution in [0.25, 0.3) is 0 Å². The Morgan fingerprint density at radius 2 is 1.80 bits per heavy atom. The molecule has 5 nitrogen and oxygen atoms in total. The number of aromatic nitrogens is 1. The van der Waals surface area contributed by atoms with Crippen LogP contribution in [0.2, 0.25) is 0 Å². The minimum absolute atomic E-state index is 0. The Kier molecular flexibility index (Phi) is 5.20. The number of rotatable bonds is 6. The van der Waals surface area contributed by atoms with Crippen molar-refractivity contribution in [2.24, 2.45) is 0 Å². The molecule has 0 bridgehead atoms. The number of amides is 1. The van der Waals surface area contributed by atoms with Gasteiger partial charge in [-0.3, -0.25) is 9.59 Å². The summed E-state index contributed by atoms with van der Waals surface area (Å²) in [7, 11) is 0. The molecule has 132 valence electrons. The number of carbonyl (C=O) groups is 2. The highest BCUT2D eigenvalue weighted by Crippen LogP contribution is 2.22. The molecule has 0 aliphatic rings. The molecule has 0 atom stereocenters. The van der Waals surface area contributed by atoms with E-state index in [1.54, 1.807) is 24.3 Å². The Labute approximate surface area is 154 Å². The third-order valence-corrected chi connectivity index (χ3v) is 4.76. The Morgan fingerprint density at radius 1 is 1.04 bits per heavy atom. The molecule has 2 heterocycles. The quantitative estimate of drug-likeness (QED) is 0.659. The zero-order chi connectivity index (χ0) is 17.6. The molecule has 0 spiro atoms. The van der Waals surface area contributed by atoms with Crippen LogP contribution >= 0.6 is 11.3 Å². The van der Waals surface area contributed by atoms with Crippen LogP contribution in [0, 0.1) is 0 Å². The third kappa shape index (κ3) is 4.10. The van der Waals surface area contributed by atoms with Gasteiger partial charge in [0.05, 0.1) is 15.3 Å². The molecule has 3 N–H and O–H groups in total. The minimum atomic E-state index is -0.223. The average molecular weight is 357 g/mol. The number of ketones is 1. The second kappa shape index (κ2) is 7.72. The molecule has 6 heteroatoms. The predicted octanol–water partition coefficient (Wildman–Crippen LogP) is 3.67. The number of nitrogens with two attached hydrogens (primary N) is 1. The fraction of sp³-hybridized carbons (Fsp3) is 0.105. The van der Waals surface area contributed by atoms with E-state index in [1.165, 1.54) is 6.20 Å². The maximum absolute atomic E-state index is 12.5. The van der Waals surface area contributed by atoms with Crippen LogP contribution in [0.3, 0.4) is 0 Å². The van der Waals surface area contributed by atoms with Crippen LogP contribution < -0.4 is 11.1 Å². The first kappa shape index (κ1) is 16.9. The number of hydrogen-bond acceptors (Lipinski definition) is 5. The fourth-order valence-electron chi connectivity index (χ4n) is 2.38.